The van der Waals surface area contributed by atoms with Crippen LogP contribution < -0.4 is 4.90 Å². The summed E-state index contributed by atoms with van der Waals surface area (Å²) in [6.45, 7) is 1.49. The van der Waals surface area contributed by atoms with Crippen molar-refractivity contribution >= 4 is 21.9 Å². The maximum atomic E-state index is 13.9. The van der Waals surface area contributed by atoms with Gasteiger partial charge in [-0.3, -0.25) is 0 Å². The van der Waals surface area contributed by atoms with Crippen LogP contribution in [0.3, 0.4) is 0 Å². The van der Waals surface area contributed by atoms with E-state index in [9.17, 15) is 4.39 Å². The van der Waals surface area contributed by atoms with Gasteiger partial charge in [0.1, 0.15) is 5.67 Å². The first-order chi connectivity index (χ1) is 7.25. The molecular formula is C10H11BrFN3. The largest absolute Gasteiger partial charge is 0.340 e. The molecule has 3 rings (SSSR count). The Balaban J connectivity index is 1.72. The molecule has 80 valence electrons. The second-order valence-electron chi connectivity index (χ2n) is 4.23. The number of piperidine rings is 1. The fourth-order valence-corrected chi connectivity index (χ4v) is 3.32. The molecule has 2 fully saturated rings. The smallest absolute Gasteiger partial charge is 0.225 e. The molecule has 1 saturated carbocycles. The Hall–Kier alpha value is -0.710. The van der Waals surface area contributed by atoms with Gasteiger partial charge in [-0.1, -0.05) is 15.9 Å². The molecule has 15 heavy (non-hydrogen) atoms. The van der Waals surface area contributed by atoms with Crippen LogP contribution in [-0.2, 0) is 0 Å². The monoisotopic (exact) mass is 271 g/mol. The molecule has 2 heterocycles. The third kappa shape index (κ3) is 1.29. The zero-order chi connectivity index (χ0) is 10.5. The van der Waals surface area contributed by atoms with Gasteiger partial charge >= 0.3 is 0 Å². The summed E-state index contributed by atoms with van der Waals surface area (Å²) in [5, 5.41) is 0.457. The summed E-state index contributed by atoms with van der Waals surface area (Å²) in [4.78, 5) is 10.4. The van der Waals surface area contributed by atoms with Gasteiger partial charge in [-0.25, -0.2) is 14.4 Å². The summed E-state index contributed by atoms with van der Waals surface area (Å²) in [7, 11) is 0. The van der Waals surface area contributed by atoms with E-state index < -0.39 is 5.67 Å². The summed E-state index contributed by atoms with van der Waals surface area (Å²) in [6.07, 6.45) is 3.44. The number of alkyl halides is 2. The Bertz CT molecular complexity index is 360. The number of halogens is 2. The molecule has 2 atom stereocenters. The molecule has 1 aliphatic carbocycles. The minimum absolute atomic E-state index is 0.167. The van der Waals surface area contributed by atoms with Gasteiger partial charge in [0.25, 0.3) is 0 Å². The SMILES string of the molecule is FC1(CBr)[C@@H]2CN(c3ncccn3)C[C@H]21. The summed E-state index contributed by atoms with van der Waals surface area (Å²) in [5.74, 6) is 1.06. The first kappa shape index (κ1) is 9.51. The van der Waals surface area contributed by atoms with Crippen LogP contribution in [-0.4, -0.2) is 34.1 Å². The molecular weight excluding hydrogens is 261 g/mol. The van der Waals surface area contributed by atoms with E-state index in [0.29, 0.717) is 5.33 Å². The first-order valence-corrected chi connectivity index (χ1v) is 6.14. The standard InChI is InChI=1S/C10H11BrFN3/c11-6-10(12)7-4-15(5-8(7)10)9-13-2-1-3-14-9/h1-3,7-8H,4-6H2/t7-,8-/m1/s1. The van der Waals surface area contributed by atoms with Crippen LogP contribution in [0.1, 0.15) is 0 Å². The molecule has 1 saturated heterocycles. The Morgan fingerprint density at radius 1 is 1.40 bits per heavy atom. The number of hydrogen-bond acceptors (Lipinski definition) is 3. The van der Waals surface area contributed by atoms with E-state index in [-0.39, 0.29) is 11.8 Å². The third-order valence-corrected chi connectivity index (χ3v) is 4.34. The lowest BCUT2D eigenvalue weighted by atomic mass is 10.2. The fraction of sp³-hybridized carbons (Fsp3) is 0.600. The average Bonchev–Trinajstić information content (AvgIpc) is 2.70. The van der Waals surface area contributed by atoms with Crippen molar-refractivity contribution in [2.24, 2.45) is 11.8 Å². The van der Waals surface area contributed by atoms with Crippen molar-refractivity contribution in [1.29, 1.82) is 0 Å². The van der Waals surface area contributed by atoms with Crippen molar-refractivity contribution in [3.05, 3.63) is 18.5 Å². The quantitative estimate of drug-likeness (QED) is 0.766. The Morgan fingerprint density at radius 3 is 2.53 bits per heavy atom. The van der Waals surface area contributed by atoms with E-state index in [1.54, 1.807) is 18.5 Å². The van der Waals surface area contributed by atoms with Crippen molar-refractivity contribution in [3.8, 4) is 0 Å². The van der Waals surface area contributed by atoms with Crippen molar-refractivity contribution in [3.63, 3.8) is 0 Å². The number of fused-ring (bicyclic) bond motifs is 1. The van der Waals surface area contributed by atoms with Crippen molar-refractivity contribution in [1.82, 2.24) is 9.97 Å². The second-order valence-corrected chi connectivity index (χ2v) is 4.79. The van der Waals surface area contributed by atoms with E-state index in [0.717, 1.165) is 19.0 Å². The van der Waals surface area contributed by atoms with Gasteiger partial charge in [-0.05, 0) is 6.07 Å². The maximum Gasteiger partial charge on any atom is 0.225 e. The molecule has 1 aromatic heterocycles. The minimum atomic E-state index is -0.967. The number of hydrogen-bond donors (Lipinski definition) is 0. The molecule has 2 aliphatic rings. The summed E-state index contributed by atoms with van der Waals surface area (Å²) in [6, 6.07) is 1.79. The molecule has 1 aromatic rings. The fourth-order valence-electron chi connectivity index (χ4n) is 2.49. The predicted molar refractivity (Wildman–Crippen MR) is 58.9 cm³/mol. The highest BCUT2D eigenvalue weighted by Crippen LogP contribution is 2.59. The Kier molecular flexibility index (Phi) is 1.99. The van der Waals surface area contributed by atoms with Crippen LogP contribution >= 0.6 is 15.9 Å². The number of nitrogens with zero attached hydrogens (tertiary/aromatic N) is 3. The van der Waals surface area contributed by atoms with Crippen LogP contribution in [0.2, 0.25) is 0 Å². The second kappa shape index (κ2) is 3.14. The van der Waals surface area contributed by atoms with Crippen molar-refractivity contribution in [2.45, 2.75) is 5.67 Å². The molecule has 0 unspecified atom stereocenters. The summed E-state index contributed by atoms with van der Waals surface area (Å²) < 4.78 is 13.9. The molecule has 5 heteroatoms. The van der Waals surface area contributed by atoms with Crippen LogP contribution in [0.25, 0.3) is 0 Å². The number of anilines is 1. The molecule has 0 radical (unpaired) electrons. The maximum absolute atomic E-state index is 13.9. The lowest BCUT2D eigenvalue weighted by molar-refractivity contribution is 0.289. The highest BCUT2D eigenvalue weighted by atomic mass is 79.9. The molecule has 0 aromatic carbocycles. The van der Waals surface area contributed by atoms with Crippen LogP contribution in [0.4, 0.5) is 10.3 Å². The van der Waals surface area contributed by atoms with E-state index in [2.05, 4.69) is 30.8 Å². The number of aromatic nitrogens is 2. The van der Waals surface area contributed by atoms with Gasteiger partial charge < -0.3 is 4.90 Å². The van der Waals surface area contributed by atoms with Gasteiger partial charge in [0, 0.05) is 42.6 Å². The van der Waals surface area contributed by atoms with Crippen LogP contribution in [0.5, 0.6) is 0 Å². The Labute approximate surface area is 95.8 Å². The highest BCUT2D eigenvalue weighted by Gasteiger charge is 2.69. The summed E-state index contributed by atoms with van der Waals surface area (Å²) >= 11 is 3.24. The average molecular weight is 272 g/mol. The molecule has 0 bridgehead atoms. The van der Waals surface area contributed by atoms with Crippen molar-refractivity contribution in [2.75, 3.05) is 23.3 Å². The highest BCUT2D eigenvalue weighted by molar-refractivity contribution is 9.09. The lowest BCUT2D eigenvalue weighted by Crippen LogP contribution is -2.31. The van der Waals surface area contributed by atoms with Crippen LogP contribution in [0.15, 0.2) is 18.5 Å². The molecule has 0 spiro atoms. The van der Waals surface area contributed by atoms with Gasteiger partial charge in [-0.2, -0.15) is 0 Å². The van der Waals surface area contributed by atoms with Gasteiger partial charge in [0.2, 0.25) is 5.95 Å². The summed E-state index contributed by atoms with van der Waals surface area (Å²) in [5.41, 5.74) is -0.967. The zero-order valence-electron chi connectivity index (χ0n) is 8.11. The van der Waals surface area contributed by atoms with Gasteiger partial charge in [0.15, 0.2) is 0 Å². The molecule has 0 N–H and O–H groups in total. The third-order valence-electron chi connectivity index (χ3n) is 3.48. The molecule has 3 nitrogen and oxygen atoms in total. The van der Waals surface area contributed by atoms with E-state index in [4.69, 9.17) is 0 Å². The zero-order valence-corrected chi connectivity index (χ0v) is 9.69. The van der Waals surface area contributed by atoms with E-state index in [1.165, 1.54) is 0 Å². The molecule has 1 aliphatic heterocycles. The topological polar surface area (TPSA) is 29.0 Å². The van der Waals surface area contributed by atoms with Gasteiger partial charge in [0.05, 0.1) is 0 Å². The predicted octanol–water partition coefficient (Wildman–Crippen LogP) is 1.65. The van der Waals surface area contributed by atoms with Gasteiger partial charge in [-0.15, -0.1) is 0 Å². The lowest BCUT2D eigenvalue weighted by Gasteiger charge is -2.20. The molecule has 0 amide bonds. The van der Waals surface area contributed by atoms with Crippen LogP contribution in [0, 0.1) is 11.8 Å². The van der Waals surface area contributed by atoms with E-state index in [1.807, 2.05) is 0 Å². The number of rotatable bonds is 2. The van der Waals surface area contributed by atoms with E-state index >= 15 is 0 Å². The first-order valence-electron chi connectivity index (χ1n) is 5.02. The Morgan fingerprint density at radius 2 is 2.00 bits per heavy atom. The van der Waals surface area contributed by atoms with Crippen molar-refractivity contribution < 1.29 is 4.39 Å². The normalized spacial score (nSPS) is 37.9. The minimum Gasteiger partial charge on any atom is -0.340 e.